The minimum absolute atomic E-state index is 0.0163. The average Bonchev–Trinajstić information content (AvgIpc) is 3.05. The molecule has 0 radical (unpaired) electrons. The van der Waals surface area contributed by atoms with E-state index < -0.39 is 16.0 Å². The minimum Gasteiger partial charge on any atom is -0.465 e. The molecule has 0 spiro atoms. The molecule has 0 atom stereocenters. The van der Waals surface area contributed by atoms with Crippen LogP contribution < -0.4 is 4.72 Å². The lowest BCUT2D eigenvalue weighted by atomic mass is 10.1. The molecule has 0 unspecified atom stereocenters. The second-order valence-corrected chi connectivity index (χ2v) is 7.60. The quantitative estimate of drug-likeness (QED) is 0.585. The molecule has 0 saturated carbocycles. The fourth-order valence-corrected chi connectivity index (χ4v) is 4.54. The molecule has 124 valence electrons. The summed E-state index contributed by atoms with van der Waals surface area (Å²) in [5.41, 5.74) is 1.24. The lowest BCUT2D eigenvalue weighted by Gasteiger charge is -2.07. The van der Waals surface area contributed by atoms with Gasteiger partial charge >= 0.3 is 5.97 Å². The van der Waals surface area contributed by atoms with Crippen LogP contribution in [0, 0.1) is 0 Å². The summed E-state index contributed by atoms with van der Waals surface area (Å²) in [5.74, 6) is -0.635. The number of carbonyl (C=O) groups is 1. The monoisotopic (exact) mass is 353 g/mol. The molecule has 2 rings (SSSR count). The number of rotatable bonds is 8. The zero-order valence-electron chi connectivity index (χ0n) is 12.8. The van der Waals surface area contributed by atoms with Gasteiger partial charge in [0, 0.05) is 6.54 Å². The van der Waals surface area contributed by atoms with Crippen molar-refractivity contribution >= 4 is 27.3 Å². The minimum atomic E-state index is -3.69. The first-order valence-electron chi connectivity index (χ1n) is 7.24. The lowest BCUT2D eigenvalue weighted by Crippen LogP contribution is -2.26. The summed E-state index contributed by atoms with van der Waals surface area (Å²) >= 11 is 1.06. The fourth-order valence-electron chi connectivity index (χ4n) is 2.13. The highest BCUT2D eigenvalue weighted by molar-refractivity contribution is 7.89. The molecule has 2 aromatic rings. The highest BCUT2D eigenvalue weighted by Crippen LogP contribution is 2.22. The Morgan fingerprint density at radius 2 is 1.91 bits per heavy atom. The topological polar surface area (TPSA) is 72.5 Å². The number of carbonyl (C=O) groups excluding carboxylic acids is 1. The van der Waals surface area contributed by atoms with Gasteiger partial charge in [-0.2, -0.15) is 0 Å². The Morgan fingerprint density at radius 1 is 1.17 bits per heavy atom. The van der Waals surface area contributed by atoms with E-state index >= 15 is 0 Å². The Balaban J connectivity index is 1.85. The predicted octanol–water partition coefficient (Wildman–Crippen LogP) is 2.84. The van der Waals surface area contributed by atoms with Crippen LogP contribution in [0.15, 0.2) is 46.7 Å². The van der Waals surface area contributed by atoms with Gasteiger partial charge in [0.05, 0.1) is 7.11 Å². The van der Waals surface area contributed by atoms with Crippen molar-refractivity contribution in [1.82, 2.24) is 4.72 Å². The smallest absolute Gasteiger partial charge is 0.349 e. The van der Waals surface area contributed by atoms with E-state index in [2.05, 4.69) is 21.6 Å². The number of thiophene rings is 1. The van der Waals surface area contributed by atoms with Crippen LogP contribution in [0.1, 0.15) is 28.1 Å². The second-order valence-electron chi connectivity index (χ2n) is 4.95. The highest BCUT2D eigenvalue weighted by Gasteiger charge is 2.24. The first-order chi connectivity index (χ1) is 11.0. The van der Waals surface area contributed by atoms with Crippen LogP contribution in [-0.2, 0) is 21.2 Å². The van der Waals surface area contributed by atoms with E-state index in [9.17, 15) is 13.2 Å². The number of sulfonamides is 1. The van der Waals surface area contributed by atoms with Crippen LogP contribution in [0.2, 0.25) is 0 Å². The first-order valence-corrected chi connectivity index (χ1v) is 9.60. The van der Waals surface area contributed by atoms with E-state index in [1.807, 2.05) is 18.2 Å². The van der Waals surface area contributed by atoms with Gasteiger partial charge in [-0.1, -0.05) is 30.3 Å². The average molecular weight is 353 g/mol. The molecule has 0 fully saturated rings. The molecule has 0 bridgehead atoms. The molecule has 7 heteroatoms. The van der Waals surface area contributed by atoms with E-state index in [-0.39, 0.29) is 9.77 Å². The van der Waals surface area contributed by atoms with Gasteiger partial charge in [0.25, 0.3) is 0 Å². The fraction of sp³-hybridized carbons (Fsp3) is 0.312. The summed E-state index contributed by atoms with van der Waals surface area (Å²) in [6.07, 6.45) is 2.53. The number of nitrogens with one attached hydrogen (secondary N) is 1. The van der Waals surface area contributed by atoms with Crippen LogP contribution in [-0.4, -0.2) is 28.0 Å². The summed E-state index contributed by atoms with van der Waals surface area (Å²) in [7, 11) is -2.46. The summed E-state index contributed by atoms with van der Waals surface area (Å²) in [6.45, 7) is 0.339. The summed E-state index contributed by atoms with van der Waals surface area (Å²) in [4.78, 5) is 11.7. The van der Waals surface area contributed by atoms with Gasteiger partial charge in [0.15, 0.2) is 0 Å². The molecule has 23 heavy (non-hydrogen) atoms. The number of hydrogen-bond acceptors (Lipinski definition) is 5. The van der Waals surface area contributed by atoms with Crippen LogP contribution in [0.25, 0.3) is 0 Å². The zero-order valence-corrected chi connectivity index (χ0v) is 14.5. The van der Waals surface area contributed by atoms with Crippen molar-refractivity contribution in [2.24, 2.45) is 0 Å². The van der Waals surface area contributed by atoms with Gasteiger partial charge in [0.1, 0.15) is 9.77 Å². The third kappa shape index (κ3) is 4.89. The number of aryl methyl sites for hydroxylation is 1. The molecule has 0 aliphatic heterocycles. The van der Waals surface area contributed by atoms with E-state index in [1.54, 1.807) is 5.38 Å². The third-order valence-corrected chi connectivity index (χ3v) is 5.84. The Labute approximate surface area is 140 Å². The molecule has 1 heterocycles. The molecule has 1 aromatic carbocycles. The van der Waals surface area contributed by atoms with Crippen molar-refractivity contribution in [3.05, 3.63) is 52.2 Å². The second kappa shape index (κ2) is 8.24. The molecule has 0 saturated heterocycles. The molecule has 0 aliphatic carbocycles. The first kappa shape index (κ1) is 17.7. The Bertz CT molecular complexity index is 738. The SMILES string of the molecule is COC(=O)c1sccc1S(=O)(=O)NCCCCc1ccccc1. The molecular formula is C16H19NO4S2. The molecule has 0 amide bonds. The van der Waals surface area contributed by atoms with Crippen LogP contribution in [0.5, 0.6) is 0 Å². The van der Waals surface area contributed by atoms with Gasteiger partial charge in [-0.25, -0.2) is 17.9 Å². The third-order valence-electron chi connectivity index (χ3n) is 3.32. The van der Waals surface area contributed by atoms with E-state index in [0.717, 1.165) is 30.6 Å². The van der Waals surface area contributed by atoms with Gasteiger partial charge < -0.3 is 4.74 Å². The summed E-state index contributed by atoms with van der Waals surface area (Å²) in [6, 6.07) is 11.5. The maximum atomic E-state index is 12.3. The Kier molecular flexibility index (Phi) is 6.32. The van der Waals surface area contributed by atoms with Crippen molar-refractivity contribution in [2.75, 3.05) is 13.7 Å². The van der Waals surface area contributed by atoms with Gasteiger partial charge in [-0.15, -0.1) is 11.3 Å². The predicted molar refractivity (Wildman–Crippen MR) is 90.2 cm³/mol. The van der Waals surface area contributed by atoms with Gasteiger partial charge in [-0.3, -0.25) is 0 Å². The van der Waals surface area contributed by atoms with Gasteiger partial charge in [0.2, 0.25) is 10.0 Å². The molecular weight excluding hydrogens is 334 g/mol. The maximum Gasteiger partial charge on any atom is 0.349 e. The van der Waals surface area contributed by atoms with Crippen LogP contribution >= 0.6 is 11.3 Å². The number of esters is 1. The normalized spacial score (nSPS) is 11.3. The highest BCUT2D eigenvalue weighted by atomic mass is 32.2. The van der Waals surface area contributed by atoms with E-state index in [1.165, 1.54) is 18.7 Å². The van der Waals surface area contributed by atoms with Crippen molar-refractivity contribution < 1.29 is 17.9 Å². The largest absolute Gasteiger partial charge is 0.465 e. The zero-order chi connectivity index (χ0) is 16.7. The molecule has 0 aliphatic rings. The van der Waals surface area contributed by atoms with E-state index in [0.29, 0.717) is 6.54 Å². The van der Waals surface area contributed by atoms with E-state index in [4.69, 9.17) is 0 Å². The molecule has 1 N–H and O–H groups in total. The van der Waals surface area contributed by atoms with Crippen LogP contribution in [0.4, 0.5) is 0 Å². The summed E-state index contributed by atoms with van der Waals surface area (Å²) in [5, 5.41) is 1.57. The van der Waals surface area contributed by atoms with Crippen molar-refractivity contribution in [1.29, 1.82) is 0 Å². The van der Waals surface area contributed by atoms with Crippen molar-refractivity contribution in [3.63, 3.8) is 0 Å². The van der Waals surface area contributed by atoms with Crippen LogP contribution in [0.3, 0.4) is 0 Å². The van der Waals surface area contributed by atoms with Crippen molar-refractivity contribution in [3.8, 4) is 0 Å². The van der Waals surface area contributed by atoms with Gasteiger partial charge in [-0.05, 0) is 36.3 Å². The number of unbranched alkanes of at least 4 members (excludes halogenated alkanes) is 1. The Hall–Kier alpha value is -1.70. The van der Waals surface area contributed by atoms with Crippen molar-refractivity contribution in [2.45, 2.75) is 24.2 Å². The molecule has 5 nitrogen and oxygen atoms in total. The Morgan fingerprint density at radius 3 is 2.61 bits per heavy atom. The lowest BCUT2D eigenvalue weighted by molar-refractivity contribution is 0.0602. The number of benzene rings is 1. The number of ether oxygens (including phenoxy) is 1. The maximum absolute atomic E-state index is 12.3. The summed E-state index contributed by atoms with van der Waals surface area (Å²) < 4.78 is 31.7. The standard InChI is InChI=1S/C16H19NO4S2/c1-21-16(18)15-14(10-12-22-15)23(19,20)17-11-6-5-9-13-7-3-2-4-8-13/h2-4,7-8,10,12,17H,5-6,9,11H2,1H3. The number of hydrogen-bond donors (Lipinski definition) is 1. The number of methoxy groups -OCH3 is 1. The molecule has 1 aromatic heterocycles.